The van der Waals surface area contributed by atoms with Crippen molar-refractivity contribution in [3.05, 3.63) is 48.3 Å². The number of piperazine rings is 1. The lowest BCUT2D eigenvalue weighted by Crippen LogP contribution is -2.49. The van der Waals surface area contributed by atoms with Crippen LogP contribution >= 0.6 is 0 Å². The summed E-state index contributed by atoms with van der Waals surface area (Å²) >= 11 is 0. The molecule has 0 unspecified atom stereocenters. The Labute approximate surface area is 122 Å². The molecule has 6 nitrogen and oxygen atoms in total. The monoisotopic (exact) mass is 290 g/mol. The number of β-amino-alcohol motifs (C(OH)–C–C–N with tert-alkyl or cyclic N) is 1. The summed E-state index contributed by atoms with van der Waals surface area (Å²) in [4.78, 5) is 16.0. The molecule has 0 aliphatic carbocycles. The van der Waals surface area contributed by atoms with Crippen LogP contribution in [-0.4, -0.2) is 53.5 Å². The van der Waals surface area contributed by atoms with Crippen LogP contribution in [0.25, 0.3) is 0 Å². The van der Waals surface area contributed by atoms with Crippen LogP contribution in [0.3, 0.4) is 0 Å². The number of nitrogens with zero attached hydrogens (tertiary/aromatic N) is 2. The van der Waals surface area contributed by atoms with Gasteiger partial charge in [-0.1, -0.05) is 0 Å². The van der Waals surface area contributed by atoms with E-state index in [1.165, 1.54) is 6.26 Å². The zero-order valence-corrected chi connectivity index (χ0v) is 11.6. The molecule has 1 amide bonds. The normalized spacial score (nSPS) is 17.9. The van der Waals surface area contributed by atoms with Gasteiger partial charge in [-0.2, -0.15) is 0 Å². The summed E-state index contributed by atoms with van der Waals surface area (Å²) in [5.74, 6) is 0.870. The topological polar surface area (TPSA) is 70.1 Å². The van der Waals surface area contributed by atoms with Crippen LogP contribution in [0.4, 0.5) is 0 Å². The molecule has 2 aromatic rings. The molecular formula is C15H18N2O4. The quantitative estimate of drug-likeness (QED) is 0.920. The first-order valence-corrected chi connectivity index (χ1v) is 7.00. The number of carbonyl (C=O) groups excluding carboxylic acids is 1. The summed E-state index contributed by atoms with van der Waals surface area (Å²) < 4.78 is 10.3. The van der Waals surface area contributed by atoms with Gasteiger partial charge in [0, 0.05) is 32.7 Å². The first-order chi connectivity index (χ1) is 10.2. The number of hydrogen-bond donors (Lipinski definition) is 1. The van der Waals surface area contributed by atoms with Crippen LogP contribution in [-0.2, 0) is 0 Å². The Hall–Kier alpha value is -2.05. The Kier molecular flexibility index (Phi) is 4.08. The van der Waals surface area contributed by atoms with Gasteiger partial charge >= 0.3 is 0 Å². The van der Waals surface area contributed by atoms with Gasteiger partial charge in [0.15, 0.2) is 5.76 Å². The Morgan fingerprint density at radius 3 is 2.48 bits per heavy atom. The maximum absolute atomic E-state index is 12.1. The molecule has 0 radical (unpaired) electrons. The predicted octanol–water partition coefficient (Wildman–Crippen LogP) is 1.36. The standard InChI is InChI=1S/C15H18N2O4/c18-12(13-3-1-9-20-13)11-16-5-7-17(8-6-16)15(19)14-4-2-10-21-14/h1-4,9-10,12,18H,5-8,11H2/t12-/m0/s1. The number of aliphatic hydroxyl groups is 1. The van der Waals surface area contributed by atoms with Crippen LogP contribution in [0.15, 0.2) is 45.6 Å². The number of hydrogen-bond acceptors (Lipinski definition) is 5. The van der Waals surface area contributed by atoms with E-state index < -0.39 is 6.10 Å². The van der Waals surface area contributed by atoms with Crippen LogP contribution < -0.4 is 0 Å². The van der Waals surface area contributed by atoms with Crippen molar-refractivity contribution < 1.29 is 18.7 Å². The minimum absolute atomic E-state index is 0.0776. The summed E-state index contributed by atoms with van der Waals surface area (Å²) in [6, 6.07) is 6.92. The maximum Gasteiger partial charge on any atom is 0.289 e. The van der Waals surface area contributed by atoms with Gasteiger partial charge in [-0.05, 0) is 24.3 Å². The molecular weight excluding hydrogens is 272 g/mol. The molecule has 1 atom stereocenters. The molecule has 1 aliphatic rings. The van der Waals surface area contributed by atoms with Crippen LogP contribution in [0.2, 0.25) is 0 Å². The van der Waals surface area contributed by atoms with Crippen LogP contribution in [0.5, 0.6) is 0 Å². The third-order valence-corrected chi connectivity index (χ3v) is 3.69. The van der Waals surface area contributed by atoms with E-state index in [1.807, 2.05) is 0 Å². The van der Waals surface area contributed by atoms with Gasteiger partial charge in [0.1, 0.15) is 11.9 Å². The highest BCUT2D eigenvalue weighted by Gasteiger charge is 2.25. The van der Waals surface area contributed by atoms with E-state index >= 15 is 0 Å². The van der Waals surface area contributed by atoms with Crippen molar-refractivity contribution in [1.29, 1.82) is 0 Å². The van der Waals surface area contributed by atoms with E-state index in [9.17, 15) is 9.90 Å². The minimum atomic E-state index is -0.632. The largest absolute Gasteiger partial charge is 0.467 e. The van der Waals surface area contributed by atoms with Crippen molar-refractivity contribution >= 4 is 5.91 Å². The molecule has 6 heteroatoms. The van der Waals surface area contributed by atoms with E-state index in [4.69, 9.17) is 8.83 Å². The highest BCUT2D eigenvalue weighted by Crippen LogP contribution is 2.16. The molecule has 112 valence electrons. The summed E-state index contributed by atoms with van der Waals surface area (Å²) in [5, 5.41) is 10.1. The zero-order chi connectivity index (χ0) is 14.7. The SMILES string of the molecule is O=C(c1ccco1)N1CCN(C[C@H](O)c2ccco2)CC1. The number of aliphatic hydroxyl groups excluding tert-OH is 1. The number of carbonyl (C=O) groups is 1. The van der Waals surface area contributed by atoms with E-state index in [0.29, 0.717) is 31.2 Å². The second-order valence-electron chi connectivity index (χ2n) is 5.10. The van der Waals surface area contributed by atoms with Crippen molar-refractivity contribution in [2.75, 3.05) is 32.7 Å². The van der Waals surface area contributed by atoms with E-state index in [2.05, 4.69) is 4.90 Å². The highest BCUT2D eigenvalue weighted by atomic mass is 16.4. The molecule has 3 rings (SSSR count). The first-order valence-electron chi connectivity index (χ1n) is 7.00. The fourth-order valence-corrected chi connectivity index (χ4v) is 2.51. The molecule has 0 bridgehead atoms. The molecule has 1 fully saturated rings. The lowest BCUT2D eigenvalue weighted by Gasteiger charge is -2.34. The molecule has 1 N–H and O–H groups in total. The highest BCUT2D eigenvalue weighted by molar-refractivity contribution is 5.91. The number of furan rings is 2. The minimum Gasteiger partial charge on any atom is -0.467 e. The molecule has 2 aromatic heterocycles. The molecule has 21 heavy (non-hydrogen) atoms. The molecule has 1 aliphatic heterocycles. The Morgan fingerprint density at radius 2 is 1.86 bits per heavy atom. The Balaban J connectivity index is 1.50. The third kappa shape index (κ3) is 3.17. The van der Waals surface area contributed by atoms with Crippen molar-refractivity contribution in [3.63, 3.8) is 0 Å². The zero-order valence-electron chi connectivity index (χ0n) is 11.6. The molecule has 0 spiro atoms. The van der Waals surface area contributed by atoms with Crippen molar-refractivity contribution in [2.24, 2.45) is 0 Å². The van der Waals surface area contributed by atoms with E-state index in [0.717, 1.165) is 13.1 Å². The summed E-state index contributed by atoms with van der Waals surface area (Å²) in [6.07, 6.45) is 2.43. The third-order valence-electron chi connectivity index (χ3n) is 3.69. The first kappa shape index (κ1) is 13.9. The van der Waals surface area contributed by atoms with Crippen molar-refractivity contribution in [1.82, 2.24) is 9.80 Å². The molecule has 0 saturated carbocycles. The number of amides is 1. The number of rotatable bonds is 4. The summed E-state index contributed by atoms with van der Waals surface area (Å²) in [7, 11) is 0. The van der Waals surface area contributed by atoms with E-state index in [-0.39, 0.29) is 5.91 Å². The second kappa shape index (κ2) is 6.15. The van der Waals surface area contributed by atoms with Gasteiger partial charge in [-0.3, -0.25) is 9.69 Å². The maximum atomic E-state index is 12.1. The summed E-state index contributed by atoms with van der Waals surface area (Å²) in [6.45, 7) is 3.22. The average molecular weight is 290 g/mol. The smallest absolute Gasteiger partial charge is 0.289 e. The molecule has 0 aromatic carbocycles. The van der Waals surface area contributed by atoms with Gasteiger partial charge in [-0.25, -0.2) is 0 Å². The van der Waals surface area contributed by atoms with Gasteiger partial charge in [0.05, 0.1) is 12.5 Å². The van der Waals surface area contributed by atoms with Crippen LogP contribution in [0, 0.1) is 0 Å². The Morgan fingerprint density at radius 1 is 1.14 bits per heavy atom. The lowest BCUT2D eigenvalue weighted by atomic mass is 10.2. The van der Waals surface area contributed by atoms with Crippen LogP contribution in [0.1, 0.15) is 22.4 Å². The van der Waals surface area contributed by atoms with Gasteiger partial charge in [0.2, 0.25) is 0 Å². The van der Waals surface area contributed by atoms with Crippen molar-refractivity contribution in [2.45, 2.75) is 6.10 Å². The fraction of sp³-hybridized carbons (Fsp3) is 0.400. The van der Waals surface area contributed by atoms with Gasteiger partial charge in [-0.15, -0.1) is 0 Å². The van der Waals surface area contributed by atoms with Gasteiger partial charge < -0.3 is 18.8 Å². The predicted molar refractivity (Wildman–Crippen MR) is 74.7 cm³/mol. The average Bonchev–Trinajstić information content (AvgIpc) is 3.20. The Bertz CT molecular complexity index is 557. The fourth-order valence-electron chi connectivity index (χ4n) is 2.51. The van der Waals surface area contributed by atoms with Crippen molar-refractivity contribution in [3.8, 4) is 0 Å². The summed E-state index contributed by atoms with van der Waals surface area (Å²) in [5.41, 5.74) is 0. The van der Waals surface area contributed by atoms with Gasteiger partial charge in [0.25, 0.3) is 5.91 Å². The lowest BCUT2D eigenvalue weighted by molar-refractivity contribution is 0.0465. The molecule has 1 saturated heterocycles. The van der Waals surface area contributed by atoms with E-state index in [1.54, 1.807) is 35.4 Å². The second-order valence-corrected chi connectivity index (χ2v) is 5.10. The molecule has 3 heterocycles.